The second kappa shape index (κ2) is 7.20. The normalized spacial score (nSPS) is 20.3. The Labute approximate surface area is 118 Å². The van der Waals surface area contributed by atoms with Gasteiger partial charge < -0.3 is 5.32 Å². The van der Waals surface area contributed by atoms with Crippen molar-refractivity contribution in [1.29, 1.82) is 5.26 Å². The third-order valence-corrected chi connectivity index (χ3v) is 4.48. The smallest absolute Gasteiger partial charge is 0.237 e. The molecular formula is C15H18N2OS. The molecule has 0 aliphatic carbocycles. The summed E-state index contributed by atoms with van der Waals surface area (Å²) in [6, 6.07) is 12.1. The summed E-state index contributed by atoms with van der Waals surface area (Å²) in [6.07, 6.45) is 2.66. The van der Waals surface area contributed by atoms with Gasteiger partial charge in [-0.2, -0.15) is 17.0 Å². The average Bonchev–Trinajstić information content (AvgIpc) is 2.47. The third-order valence-electron chi connectivity index (χ3n) is 3.26. The molecule has 1 aliphatic heterocycles. The molecule has 1 aliphatic rings. The molecule has 1 aromatic carbocycles. The second-order valence-corrected chi connectivity index (χ2v) is 5.94. The SMILES string of the molecule is N#CC(Cc1ccccc1)C(=O)NC1CCCSC1. The van der Waals surface area contributed by atoms with Crippen molar-refractivity contribution in [3.63, 3.8) is 0 Å². The molecule has 19 heavy (non-hydrogen) atoms. The summed E-state index contributed by atoms with van der Waals surface area (Å²) in [5.74, 6) is 1.43. The summed E-state index contributed by atoms with van der Waals surface area (Å²) in [5.41, 5.74) is 1.03. The van der Waals surface area contributed by atoms with Crippen LogP contribution in [0.3, 0.4) is 0 Å². The van der Waals surface area contributed by atoms with E-state index in [1.807, 2.05) is 42.1 Å². The van der Waals surface area contributed by atoms with Gasteiger partial charge in [0.05, 0.1) is 6.07 Å². The lowest BCUT2D eigenvalue weighted by atomic mass is 9.99. The first-order chi connectivity index (χ1) is 9.29. The quantitative estimate of drug-likeness (QED) is 0.917. The van der Waals surface area contributed by atoms with Crippen molar-refractivity contribution in [3.05, 3.63) is 35.9 Å². The lowest BCUT2D eigenvalue weighted by molar-refractivity contribution is -0.124. The Balaban J connectivity index is 1.90. The number of thioether (sulfide) groups is 1. The highest BCUT2D eigenvalue weighted by atomic mass is 32.2. The molecule has 0 radical (unpaired) electrons. The number of benzene rings is 1. The molecule has 100 valence electrons. The lowest BCUT2D eigenvalue weighted by Crippen LogP contribution is -2.41. The van der Waals surface area contributed by atoms with Crippen LogP contribution in [0.15, 0.2) is 30.3 Å². The van der Waals surface area contributed by atoms with Crippen LogP contribution in [0.25, 0.3) is 0 Å². The van der Waals surface area contributed by atoms with E-state index in [-0.39, 0.29) is 11.9 Å². The Bertz CT molecular complexity index is 449. The molecule has 1 heterocycles. The molecule has 0 bridgehead atoms. The zero-order valence-corrected chi connectivity index (χ0v) is 11.7. The number of nitriles is 1. The van der Waals surface area contributed by atoms with Crippen LogP contribution in [-0.4, -0.2) is 23.5 Å². The van der Waals surface area contributed by atoms with Gasteiger partial charge in [-0.3, -0.25) is 4.79 Å². The highest BCUT2D eigenvalue weighted by Gasteiger charge is 2.22. The number of amides is 1. The molecule has 1 saturated heterocycles. The Morgan fingerprint density at radius 2 is 2.26 bits per heavy atom. The van der Waals surface area contributed by atoms with Gasteiger partial charge in [-0.05, 0) is 30.6 Å². The largest absolute Gasteiger partial charge is 0.351 e. The number of hydrogen-bond donors (Lipinski definition) is 1. The fourth-order valence-electron chi connectivity index (χ4n) is 2.20. The highest BCUT2D eigenvalue weighted by Crippen LogP contribution is 2.17. The summed E-state index contributed by atoms with van der Waals surface area (Å²) in [6.45, 7) is 0. The number of rotatable bonds is 4. The maximum atomic E-state index is 12.1. The minimum atomic E-state index is -0.589. The van der Waals surface area contributed by atoms with E-state index in [2.05, 4.69) is 11.4 Å². The van der Waals surface area contributed by atoms with E-state index in [1.54, 1.807) is 0 Å². The van der Waals surface area contributed by atoms with Gasteiger partial charge in [0.1, 0.15) is 5.92 Å². The average molecular weight is 274 g/mol. The first-order valence-corrected chi connectivity index (χ1v) is 7.76. The van der Waals surface area contributed by atoms with Crippen LogP contribution >= 0.6 is 11.8 Å². The third kappa shape index (κ3) is 4.29. The molecule has 0 spiro atoms. The maximum absolute atomic E-state index is 12.1. The van der Waals surface area contributed by atoms with Crippen molar-refractivity contribution in [1.82, 2.24) is 5.32 Å². The van der Waals surface area contributed by atoms with E-state index >= 15 is 0 Å². The van der Waals surface area contributed by atoms with Gasteiger partial charge in [0.2, 0.25) is 5.91 Å². The topological polar surface area (TPSA) is 52.9 Å². The fourth-order valence-corrected chi connectivity index (χ4v) is 3.28. The summed E-state index contributed by atoms with van der Waals surface area (Å²) >= 11 is 1.87. The van der Waals surface area contributed by atoms with Gasteiger partial charge in [-0.1, -0.05) is 30.3 Å². The molecule has 2 atom stereocenters. The van der Waals surface area contributed by atoms with Crippen molar-refractivity contribution < 1.29 is 4.79 Å². The summed E-state index contributed by atoms with van der Waals surface area (Å²) in [4.78, 5) is 12.1. The van der Waals surface area contributed by atoms with E-state index in [4.69, 9.17) is 0 Å². The van der Waals surface area contributed by atoms with E-state index in [1.165, 1.54) is 5.75 Å². The Morgan fingerprint density at radius 3 is 2.89 bits per heavy atom. The van der Waals surface area contributed by atoms with Crippen LogP contribution in [-0.2, 0) is 11.2 Å². The monoisotopic (exact) mass is 274 g/mol. The van der Waals surface area contributed by atoms with Gasteiger partial charge >= 0.3 is 0 Å². The number of carbonyl (C=O) groups excluding carboxylic acids is 1. The molecule has 3 nitrogen and oxygen atoms in total. The predicted octanol–water partition coefficient (Wildman–Crippen LogP) is 2.38. The number of nitrogens with zero attached hydrogens (tertiary/aromatic N) is 1. The molecule has 0 saturated carbocycles. The molecular weight excluding hydrogens is 256 g/mol. The molecule has 1 N–H and O–H groups in total. The molecule has 0 aromatic heterocycles. The van der Waals surface area contributed by atoms with Crippen LogP contribution in [0.1, 0.15) is 18.4 Å². The number of nitrogens with one attached hydrogen (secondary N) is 1. The predicted molar refractivity (Wildman–Crippen MR) is 77.7 cm³/mol. The van der Waals surface area contributed by atoms with Gasteiger partial charge in [-0.25, -0.2) is 0 Å². The van der Waals surface area contributed by atoms with Gasteiger partial charge in [0.25, 0.3) is 0 Å². The standard InChI is InChI=1S/C15H18N2OS/c16-10-13(9-12-5-2-1-3-6-12)15(18)17-14-7-4-8-19-11-14/h1-3,5-6,13-14H,4,7-9,11H2,(H,17,18). The molecule has 1 fully saturated rings. The minimum Gasteiger partial charge on any atom is -0.351 e. The number of hydrogen-bond acceptors (Lipinski definition) is 3. The molecule has 2 unspecified atom stereocenters. The van der Waals surface area contributed by atoms with Crippen molar-refractivity contribution >= 4 is 17.7 Å². The summed E-state index contributed by atoms with van der Waals surface area (Å²) < 4.78 is 0. The van der Waals surface area contributed by atoms with Crippen LogP contribution < -0.4 is 5.32 Å². The molecule has 1 aromatic rings. The van der Waals surface area contributed by atoms with E-state index < -0.39 is 5.92 Å². The van der Waals surface area contributed by atoms with E-state index in [9.17, 15) is 10.1 Å². The zero-order valence-electron chi connectivity index (χ0n) is 10.8. The first kappa shape index (κ1) is 14.0. The van der Waals surface area contributed by atoms with Gasteiger partial charge in [0, 0.05) is 11.8 Å². The number of carbonyl (C=O) groups is 1. The van der Waals surface area contributed by atoms with Crippen molar-refractivity contribution in [2.24, 2.45) is 5.92 Å². The first-order valence-electron chi connectivity index (χ1n) is 6.61. The molecule has 2 rings (SSSR count). The Morgan fingerprint density at radius 1 is 1.47 bits per heavy atom. The summed E-state index contributed by atoms with van der Waals surface area (Å²) in [5, 5.41) is 12.2. The second-order valence-electron chi connectivity index (χ2n) is 4.79. The Kier molecular flexibility index (Phi) is 5.29. The minimum absolute atomic E-state index is 0.126. The van der Waals surface area contributed by atoms with Crippen LogP contribution in [0.4, 0.5) is 0 Å². The van der Waals surface area contributed by atoms with E-state index in [0.29, 0.717) is 6.42 Å². The van der Waals surface area contributed by atoms with Gasteiger partial charge in [0.15, 0.2) is 0 Å². The lowest BCUT2D eigenvalue weighted by Gasteiger charge is -2.23. The fraction of sp³-hybridized carbons (Fsp3) is 0.467. The van der Waals surface area contributed by atoms with Crippen molar-refractivity contribution in [2.75, 3.05) is 11.5 Å². The van der Waals surface area contributed by atoms with Crippen LogP contribution in [0.2, 0.25) is 0 Å². The van der Waals surface area contributed by atoms with E-state index in [0.717, 1.165) is 24.2 Å². The van der Waals surface area contributed by atoms with Crippen LogP contribution in [0, 0.1) is 17.2 Å². The highest BCUT2D eigenvalue weighted by molar-refractivity contribution is 7.99. The Hall–Kier alpha value is -1.47. The molecule has 4 heteroatoms. The van der Waals surface area contributed by atoms with Crippen molar-refractivity contribution in [3.8, 4) is 6.07 Å². The van der Waals surface area contributed by atoms with Crippen LogP contribution in [0.5, 0.6) is 0 Å². The maximum Gasteiger partial charge on any atom is 0.237 e. The van der Waals surface area contributed by atoms with Crippen molar-refractivity contribution in [2.45, 2.75) is 25.3 Å². The molecule has 1 amide bonds. The zero-order chi connectivity index (χ0) is 13.5. The van der Waals surface area contributed by atoms with Gasteiger partial charge in [-0.15, -0.1) is 0 Å². The summed E-state index contributed by atoms with van der Waals surface area (Å²) in [7, 11) is 0.